The van der Waals surface area contributed by atoms with Crippen molar-refractivity contribution in [1.82, 2.24) is 10.2 Å². The Morgan fingerprint density at radius 1 is 1.44 bits per heavy atom. The van der Waals surface area contributed by atoms with Crippen molar-refractivity contribution in [1.29, 1.82) is 0 Å². The van der Waals surface area contributed by atoms with E-state index in [0.717, 1.165) is 19.3 Å². The largest absolute Gasteiger partial charge is 0.343 e. The first-order valence-electron chi connectivity index (χ1n) is 6.13. The zero-order chi connectivity index (χ0) is 11.9. The van der Waals surface area contributed by atoms with Crippen LogP contribution in [0.3, 0.4) is 0 Å². The second-order valence-corrected chi connectivity index (χ2v) is 5.21. The zero-order valence-corrected chi connectivity index (χ0v) is 10.2. The Hall–Kier alpha value is -1.06. The zero-order valence-electron chi connectivity index (χ0n) is 10.2. The lowest BCUT2D eigenvalue weighted by Crippen LogP contribution is -2.69. The predicted octanol–water partition coefficient (Wildman–Crippen LogP) is 1.05. The molecule has 0 aromatic carbocycles. The number of nitrogens with one attached hydrogen (secondary N) is 1. The quantitative estimate of drug-likeness (QED) is 0.762. The first kappa shape index (κ1) is 11.4. The van der Waals surface area contributed by atoms with Crippen LogP contribution in [0.5, 0.6) is 0 Å². The van der Waals surface area contributed by atoms with Gasteiger partial charge < -0.3 is 10.2 Å². The highest BCUT2D eigenvalue weighted by Gasteiger charge is 2.49. The summed E-state index contributed by atoms with van der Waals surface area (Å²) in [5.74, 6) is 0.0800. The fourth-order valence-electron chi connectivity index (χ4n) is 2.79. The van der Waals surface area contributed by atoms with Crippen LogP contribution in [-0.4, -0.2) is 34.3 Å². The first-order chi connectivity index (χ1) is 7.49. The van der Waals surface area contributed by atoms with Gasteiger partial charge in [0.05, 0.1) is 0 Å². The number of hydrogen-bond donors (Lipinski definition) is 1. The van der Waals surface area contributed by atoms with E-state index in [2.05, 4.69) is 12.2 Å². The number of hydrogen-bond acceptors (Lipinski definition) is 2. The Kier molecular flexibility index (Phi) is 2.68. The van der Waals surface area contributed by atoms with Gasteiger partial charge in [-0.15, -0.1) is 0 Å². The Morgan fingerprint density at radius 3 is 2.50 bits per heavy atom. The summed E-state index contributed by atoms with van der Waals surface area (Å²) in [6.45, 7) is 5.83. The summed E-state index contributed by atoms with van der Waals surface area (Å²) in [7, 11) is 0. The number of piperazine rings is 1. The van der Waals surface area contributed by atoms with Crippen LogP contribution in [0.1, 0.15) is 46.5 Å². The van der Waals surface area contributed by atoms with Crippen molar-refractivity contribution in [2.24, 2.45) is 0 Å². The van der Waals surface area contributed by atoms with Gasteiger partial charge in [-0.2, -0.15) is 0 Å². The van der Waals surface area contributed by atoms with Gasteiger partial charge in [0.2, 0.25) is 11.8 Å². The van der Waals surface area contributed by atoms with Crippen LogP contribution < -0.4 is 5.32 Å². The van der Waals surface area contributed by atoms with Crippen LogP contribution in [0, 0.1) is 0 Å². The van der Waals surface area contributed by atoms with Crippen molar-refractivity contribution in [2.45, 2.75) is 64.1 Å². The molecule has 4 nitrogen and oxygen atoms in total. The molecule has 2 rings (SSSR count). The van der Waals surface area contributed by atoms with Crippen LogP contribution in [0.15, 0.2) is 0 Å². The van der Waals surface area contributed by atoms with Crippen molar-refractivity contribution < 1.29 is 9.59 Å². The lowest BCUT2D eigenvalue weighted by atomic mass is 9.75. The average molecular weight is 224 g/mol. The third kappa shape index (κ3) is 1.51. The highest BCUT2D eigenvalue weighted by atomic mass is 16.2. The SMILES string of the molecule is CCC1C(=O)NC(C)C(=O)N1C1(C)CCC1. The summed E-state index contributed by atoms with van der Waals surface area (Å²) in [6.07, 6.45) is 3.90. The molecule has 0 spiro atoms. The van der Waals surface area contributed by atoms with E-state index in [1.54, 1.807) is 6.92 Å². The molecule has 2 fully saturated rings. The number of carbonyl (C=O) groups is 2. The summed E-state index contributed by atoms with van der Waals surface area (Å²) in [5, 5.41) is 2.75. The standard InChI is InChI=1S/C12H20N2O2/c1-4-9-10(15)13-8(2)11(16)14(9)12(3)6-5-7-12/h8-9H,4-7H2,1-3H3,(H,13,15). The van der Waals surface area contributed by atoms with Crippen molar-refractivity contribution in [2.75, 3.05) is 0 Å². The summed E-state index contributed by atoms with van der Waals surface area (Å²) < 4.78 is 0. The van der Waals surface area contributed by atoms with E-state index >= 15 is 0 Å². The molecule has 0 bridgehead atoms. The number of nitrogens with zero attached hydrogens (tertiary/aromatic N) is 1. The fraction of sp³-hybridized carbons (Fsp3) is 0.833. The third-order valence-electron chi connectivity index (χ3n) is 3.98. The molecule has 1 aliphatic carbocycles. The van der Waals surface area contributed by atoms with E-state index in [1.165, 1.54) is 0 Å². The maximum atomic E-state index is 12.2. The lowest BCUT2D eigenvalue weighted by molar-refractivity contribution is -0.160. The summed E-state index contributed by atoms with van der Waals surface area (Å²) in [6, 6.07) is -0.637. The van der Waals surface area contributed by atoms with Crippen molar-refractivity contribution in [3.8, 4) is 0 Å². The highest BCUT2D eigenvalue weighted by Crippen LogP contribution is 2.40. The molecule has 90 valence electrons. The number of amides is 2. The van der Waals surface area contributed by atoms with Gasteiger partial charge in [-0.25, -0.2) is 0 Å². The normalized spacial score (nSPS) is 33.3. The van der Waals surface area contributed by atoms with Crippen LogP contribution in [0.2, 0.25) is 0 Å². The molecule has 4 heteroatoms. The van der Waals surface area contributed by atoms with Gasteiger partial charge in [-0.1, -0.05) is 6.92 Å². The van der Waals surface area contributed by atoms with Crippen LogP contribution in [0.25, 0.3) is 0 Å². The van der Waals surface area contributed by atoms with E-state index in [9.17, 15) is 9.59 Å². The maximum absolute atomic E-state index is 12.2. The molecule has 16 heavy (non-hydrogen) atoms. The monoisotopic (exact) mass is 224 g/mol. The molecule has 0 aromatic heterocycles. The Bertz CT molecular complexity index is 323. The van der Waals surface area contributed by atoms with Gasteiger partial charge in [0.25, 0.3) is 0 Å². The average Bonchev–Trinajstić information content (AvgIpc) is 2.19. The molecular formula is C12H20N2O2. The van der Waals surface area contributed by atoms with Gasteiger partial charge in [0.15, 0.2) is 0 Å². The van der Waals surface area contributed by atoms with E-state index in [-0.39, 0.29) is 29.4 Å². The molecule has 2 atom stereocenters. The lowest BCUT2D eigenvalue weighted by Gasteiger charge is -2.53. The van der Waals surface area contributed by atoms with Crippen LogP contribution in [-0.2, 0) is 9.59 Å². The van der Waals surface area contributed by atoms with E-state index in [1.807, 2.05) is 11.8 Å². The van der Waals surface area contributed by atoms with Crippen molar-refractivity contribution in [3.05, 3.63) is 0 Å². The maximum Gasteiger partial charge on any atom is 0.245 e. The topological polar surface area (TPSA) is 49.4 Å². The summed E-state index contributed by atoms with van der Waals surface area (Å²) >= 11 is 0. The van der Waals surface area contributed by atoms with Crippen LogP contribution in [0.4, 0.5) is 0 Å². The molecule has 2 unspecified atom stereocenters. The number of carbonyl (C=O) groups excluding carboxylic acids is 2. The third-order valence-corrected chi connectivity index (χ3v) is 3.98. The fourth-order valence-corrected chi connectivity index (χ4v) is 2.79. The van der Waals surface area contributed by atoms with E-state index in [4.69, 9.17) is 0 Å². The predicted molar refractivity (Wildman–Crippen MR) is 60.8 cm³/mol. The van der Waals surface area contributed by atoms with Gasteiger partial charge in [0.1, 0.15) is 12.1 Å². The second-order valence-electron chi connectivity index (χ2n) is 5.21. The summed E-state index contributed by atoms with van der Waals surface area (Å²) in [5.41, 5.74) is -0.0796. The first-order valence-corrected chi connectivity index (χ1v) is 6.13. The molecule has 1 N–H and O–H groups in total. The smallest absolute Gasteiger partial charge is 0.245 e. The minimum absolute atomic E-state index is 0.00252. The van der Waals surface area contributed by atoms with Crippen molar-refractivity contribution >= 4 is 11.8 Å². The molecule has 2 amide bonds. The van der Waals surface area contributed by atoms with E-state index in [0.29, 0.717) is 6.42 Å². The molecule has 1 heterocycles. The Balaban J connectivity index is 2.29. The highest BCUT2D eigenvalue weighted by molar-refractivity contribution is 5.97. The molecular weight excluding hydrogens is 204 g/mol. The minimum Gasteiger partial charge on any atom is -0.343 e. The van der Waals surface area contributed by atoms with Gasteiger partial charge in [-0.3, -0.25) is 9.59 Å². The summed E-state index contributed by atoms with van der Waals surface area (Å²) in [4.78, 5) is 25.9. The minimum atomic E-state index is -0.368. The van der Waals surface area contributed by atoms with Gasteiger partial charge in [-0.05, 0) is 39.5 Å². The number of rotatable bonds is 2. The van der Waals surface area contributed by atoms with Gasteiger partial charge >= 0.3 is 0 Å². The van der Waals surface area contributed by atoms with Gasteiger partial charge in [0, 0.05) is 5.54 Å². The molecule has 0 aromatic rings. The van der Waals surface area contributed by atoms with Crippen LogP contribution >= 0.6 is 0 Å². The Morgan fingerprint density at radius 2 is 2.06 bits per heavy atom. The van der Waals surface area contributed by atoms with E-state index < -0.39 is 0 Å². The molecule has 1 saturated carbocycles. The molecule has 1 aliphatic heterocycles. The molecule has 0 radical (unpaired) electrons. The second kappa shape index (κ2) is 3.75. The van der Waals surface area contributed by atoms with Crippen molar-refractivity contribution in [3.63, 3.8) is 0 Å². The molecule has 2 aliphatic rings. The Labute approximate surface area is 96.4 Å². The molecule has 1 saturated heterocycles.